The van der Waals surface area contributed by atoms with Crippen molar-refractivity contribution in [2.24, 2.45) is 5.90 Å². The summed E-state index contributed by atoms with van der Waals surface area (Å²) in [5, 5.41) is 0. The minimum atomic E-state index is -0.234. The van der Waals surface area contributed by atoms with Gasteiger partial charge in [-0.3, -0.25) is 4.90 Å². The van der Waals surface area contributed by atoms with Crippen LogP contribution < -0.4 is 10.6 Å². The van der Waals surface area contributed by atoms with Crippen molar-refractivity contribution >= 4 is 0 Å². The van der Waals surface area contributed by atoms with Gasteiger partial charge in [0.1, 0.15) is 17.7 Å². The Bertz CT molecular complexity index is 434. The van der Waals surface area contributed by atoms with E-state index in [-0.39, 0.29) is 18.0 Å². The SMILES string of the molecule is NOC1CCCC(N2CC(Oc3ccc(F)cc3)C2)C1. The van der Waals surface area contributed by atoms with E-state index in [4.69, 9.17) is 15.5 Å². The van der Waals surface area contributed by atoms with E-state index in [0.29, 0.717) is 6.04 Å². The van der Waals surface area contributed by atoms with Crippen LogP contribution in [0.1, 0.15) is 25.7 Å². The van der Waals surface area contributed by atoms with Crippen LogP contribution in [-0.2, 0) is 4.84 Å². The fourth-order valence-corrected chi connectivity index (χ4v) is 3.12. The van der Waals surface area contributed by atoms with Crippen molar-refractivity contribution in [3.63, 3.8) is 0 Å². The molecule has 2 fully saturated rings. The molecule has 1 aliphatic heterocycles. The van der Waals surface area contributed by atoms with Crippen molar-refractivity contribution in [3.8, 4) is 5.75 Å². The van der Waals surface area contributed by atoms with Crippen LogP contribution in [0.3, 0.4) is 0 Å². The van der Waals surface area contributed by atoms with E-state index in [0.717, 1.165) is 31.7 Å². The van der Waals surface area contributed by atoms with Crippen LogP contribution in [0, 0.1) is 5.82 Å². The van der Waals surface area contributed by atoms with Gasteiger partial charge in [-0.15, -0.1) is 0 Å². The number of hydrogen-bond acceptors (Lipinski definition) is 4. The first kappa shape index (κ1) is 13.8. The molecule has 2 unspecified atom stereocenters. The Labute approximate surface area is 118 Å². The molecule has 4 nitrogen and oxygen atoms in total. The van der Waals surface area contributed by atoms with Gasteiger partial charge in [0.2, 0.25) is 0 Å². The second-order valence-corrected chi connectivity index (χ2v) is 5.73. The number of nitrogens with zero attached hydrogens (tertiary/aromatic N) is 1. The van der Waals surface area contributed by atoms with Crippen molar-refractivity contribution in [2.45, 2.75) is 43.9 Å². The molecule has 3 rings (SSSR count). The Balaban J connectivity index is 1.45. The van der Waals surface area contributed by atoms with Crippen LogP contribution in [0.25, 0.3) is 0 Å². The van der Waals surface area contributed by atoms with Gasteiger partial charge in [0.15, 0.2) is 0 Å². The Morgan fingerprint density at radius 3 is 2.55 bits per heavy atom. The number of nitrogens with two attached hydrogens (primary N) is 1. The van der Waals surface area contributed by atoms with E-state index in [1.807, 2.05) is 0 Å². The fourth-order valence-electron chi connectivity index (χ4n) is 3.12. The molecule has 1 aliphatic carbocycles. The minimum absolute atomic E-state index is 0.200. The summed E-state index contributed by atoms with van der Waals surface area (Å²) in [4.78, 5) is 7.41. The molecule has 0 radical (unpaired) electrons. The molecule has 110 valence electrons. The highest BCUT2D eigenvalue weighted by Crippen LogP contribution is 2.29. The predicted molar refractivity (Wildman–Crippen MR) is 73.7 cm³/mol. The molecule has 0 bridgehead atoms. The molecular weight excluding hydrogens is 259 g/mol. The molecule has 1 aromatic rings. The smallest absolute Gasteiger partial charge is 0.124 e. The molecule has 1 saturated heterocycles. The van der Waals surface area contributed by atoms with Crippen LogP contribution in [0.15, 0.2) is 24.3 Å². The summed E-state index contributed by atoms with van der Waals surface area (Å²) < 4.78 is 18.6. The Hall–Kier alpha value is -1.17. The molecule has 20 heavy (non-hydrogen) atoms. The zero-order valence-electron chi connectivity index (χ0n) is 11.5. The molecule has 2 atom stereocenters. The first-order valence-electron chi connectivity index (χ1n) is 7.26. The van der Waals surface area contributed by atoms with Crippen molar-refractivity contribution in [2.75, 3.05) is 13.1 Å². The Morgan fingerprint density at radius 2 is 1.85 bits per heavy atom. The average molecular weight is 280 g/mol. The van der Waals surface area contributed by atoms with E-state index >= 15 is 0 Å². The first-order valence-corrected chi connectivity index (χ1v) is 7.26. The van der Waals surface area contributed by atoms with Crippen molar-refractivity contribution in [1.29, 1.82) is 0 Å². The number of hydrogen-bond donors (Lipinski definition) is 1. The molecular formula is C15H21FN2O2. The summed E-state index contributed by atoms with van der Waals surface area (Å²) in [5.41, 5.74) is 0. The van der Waals surface area contributed by atoms with Gasteiger partial charge in [0.25, 0.3) is 0 Å². The highest BCUT2D eigenvalue weighted by atomic mass is 19.1. The molecule has 5 heteroatoms. The fraction of sp³-hybridized carbons (Fsp3) is 0.600. The quantitative estimate of drug-likeness (QED) is 0.858. The second kappa shape index (κ2) is 6.08. The molecule has 0 aromatic heterocycles. The zero-order chi connectivity index (χ0) is 13.9. The van der Waals surface area contributed by atoms with Gasteiger partial charge in [-0.1, -0.05) is 0 Å². The van der Waals surface area contributed by atoms with E-state index < -0.39 is 0 Å². The lowest BCUT2D eigenvalue weighted by atomic mass is 9.89. The third-order valence-corrected chi connectivity index (χ3v) is 4.30. The monoisotopic (exact) mass is 280 g/mol. The topological polar surface area (TPSA) is 47.7 Å². The summed E-state index contributed by atoms with van der Waals surface area (Å²) in [7, 11) is 0. The van der Waals surface area contributed by atoms with Crippen LogP contribution in [0.4, 0.5) is 4.39 Å². The van der Waals surface area contributed by atoms with Crippen LogP contribution in [0.5, 0.6) is 5.75 Å². The van der Waals surface area contributed by atoms with Crippen molar-refractivity contribution in [1.82, 2.24) is 4.90 Å². The van der Waals surface area contributed by atoms with E-state index in [1.54, 1.807) is 12.1 Å². The maximum atomic E-state index is 12.8. The molecule has 0 spiro atoms. The molecule has 2 N–H and O–H groups in total. The molecule has 2 aliphatic rings. The van der Waals surface area contributed by atoms with Gasteiger partial charge < -0.3 is 9.57 Å². The van der Waals surface area contributed by atoms with Crippen LogP contribution in [-0.4, -0.2) is 36.2 Å². The Morgan fingerprint density at radius 1 is 1.10 bits per heavy atom. The first-order chi connectivity index (χ1) is 9.74. The third kappa shape index (κ3) is 3.11. The summed E-state index contributed by atoms with van der Waals surface area (Å²) in [6, 6.07) is 6.77. The van der Waals surface area contributed by atoms with Crippen LogP contribution in [0.2, 0.25) is 0 Å². The maximum Gasteiger partial charge on any atom is 0.124 e. The van der Waals surface area contributed by atoms with Gasteiger partial charge in [-0.2, -0.15) is 0 Å². The third-order valence-electron chi connectivity index (χ3n) is 4.30. The Kier molecular flexibility index (Phi) is 4.19. The summed E-state index contributed by atoms with van der Waals surface area (Å²) in [6.07, 6.45) is 4.87. The minimum Gasteiger partial charge on any atom is -0.488 e. The normalized spacial score (nSPS) is 28.1. The lowest BCUT2D eigenvalue weighted by Crippen LogP contribution is -2.59. The van der Waals surface area contributed by atoms with Crippen LogP contribution >= 0.6 is 0 Å². The average Bonchev–Trinajstić information content (AvgIpc) is 2.44. The molecule has 1 aromatic carbocycles. The summed E-state index contributed by atoms with van der Waals surface area (Å²) in [6.45, 7) is 1.86. The lowest BCUT2D eigenvalue weighted by molar-refractivity contribution is -0.0530. The van der Waals surface area contributed by atoms with Crippen molar-refractivity contribution in [3.05, 3.63) is 30.1 Å². The number of ether oxygens (including phenoxy) is 1. The van der Waals surface area contributed by atoms with Gasteiger partial charge in [0.05, 0.1) is 6.10 Å². The van der Waals surface area contributed by atoms with Crippen molar-refractivity contribution < 1.29 is 14.0 Å². The number of halogens is 1. The van der Waals surface area contributed by atoms with Gasteiger partial charge >= 0.3 is 0 Å². The second-order valence-electron chi connectivity index (χ2n) is 5.73. The lowest BCUT2D eigenvalue weighted by Gasteiger charge is -2.46. The number of benzene rings is 1. The van der Waals surface area contributed by atoms with E-state index in [2.05, 4.69) is 4.90 Å². The summed E-state index contributed by atoms with van der Waals surface area (Å²) >= 11 is 0. The largest absolute Gasteiger partial charge is 0.488 e. The maximum absolute atomic E-state index is 12.8. The zero-order valence-corrected chi connectivity index (χ0v) is 11.5. The van der Waals surface area contributed by atoms with E-state index in [9.17, 15) is 4.39 Å². The van der Waals surface area contributed by atoms with Gasteiger partial charge in [-0.05, 0) is 49.9 Å². The number of likely N-dealkylation sites (tertiary alicyclic amines) is 1. The standard InChI is InChI=1S/C15H21FN2O2/c16-11-4-6-13(7-5-11)19-15-9-18(10-15)12-2-1-3-14(8-12)20-17/h4-7,12,14-15H,1-3,8-10,17H2. The van der Waals surface area contributed by atoms with Gasteiger partial charge in [0, 0.05) is 19.1 Å². The van der Waals surface area contributed by atoms with Gasteiger partial charge in [-0.25, -0.2) is 10.3 Å². The number of rotatable bonds is 4. The molecule has 1 heterocycles. The predicted octanol–water partition coefficient (Wildman–Crippen LogP) is 2.09. The van der Waals surface area contributed by atoms with E-state index in [1.165, 1.54) is 25.0 Å². The molecule has 0 amide bonds. The summed E-state index contributed by atoms with van der Waals surface area (Å²) in [5.74, 6) is 5.80. The molecule has 1 saturated carbocycles. The highest BCUT2D eigenvalue weighted by Gasteiger charge is 2.36. The highest BCUT2D eigenvalue weighted by molar-refractivity contribution is 5.22.